The molecule has 1 saturated carbocycles. The predicted octanol–water partition coefficient (Wildman–Crippen LogP) is 4.13. The largest absolute Gasteiger partial charge is 0.489 e. The smallest absolute Gasteiger partial charge is 0.304 e. The fraction of sp³-hybridized carbons (Fsp3) is 0.588. The molecule has 0 aromatic heterocycles. The van der Waals surface area contributed by atoms with E-state index >= 15 is 0 Å². The van der Waals surface area contributed by atoms with Gasteiger partial charge in [-0.3, -0.25) is 4.79 Å². The molecule has 1 N–H and O–H groups in total. The second-order valence-electron chi connectivity index (χ2n) is 6.53. The number of carboxylic acid groups (broad SMARTS) is 1. The van der Waals surface area contributed by atoms with Crippen LogP contribution in [0.3, 0.4) is 0 Å². The zero-order valence-electron chi connectivity index (χ0n) is 12.9. The van der Waals surface area contributed by atoms with Crippen LogP contribution in [-0.4, -0.2) is 24.3 Å². The van der Waals surface area contributed by atoms with Crippen LogP contribution >= 0.6 is 11.6 Å². The van der Waals surface area contributed by atoms with Gasteiger partial charge in [0.25, 0.3) is 0 Å². The van der Waals surface area contributed by atoms with E-state index in [0.29, 0.717) is 29.7 Å². The molecule has 1 aromatic carbocycles. The van der Waals surface area contributed by atoms with Gasteiger partial charge in [-0.1, -0.05) is 25.4 Å². The van der Waals surface area contributed by atoms with Crippen molar-refractivity contribution in [3.8, 4) is 11.5 Å². The average Bonchev–Trinajstić information content (AvgIpc) is 3.21. The van der Waals surface area contributed by atoms with E-state index in [2.05, 4.69) is 13.8 Å². The molecule has 3 rings (SSSR count). The third-order valence-corrected chi connectivity index (χ3v) is 4.78. The number of aliphatic carboxylic acids is 1. The molecule has 2 aliphatic rings. The monoisotopic (exact) mass is 324 g/mol. The Hall–Kier alpha value is -1.42. The van der Waals surface area contributed by atoms with Crippen molar-refractivity contribution in [2.24, 2.45) is 0 Å². The first-order chi connectivity index (χ1) is 10.4. The van der Waals surface area contributed by atoms with Crippen LogP contribution in [0.5, 0.6) is 11.5 Å². The van der Waals surface area contributed by atoms with Crippen LogP contribution in [0.25, 0.3) is 0 Å². The van der Waals surface area contributed by atoms with Crippen molar-refractivity contribution in [3.63, 3.8) is 0 Å². The molecule has 1 fully saturated rings. The highest BCUT2D eigenvalue weighted by Crippen LogP contribution is 2.57. The van der Waals surface area contributed by atoms with Gasteiger partial charge in [-0.05, 0) is 30.4 Å². The number of hydrogen-bond acceptors (Lipinski definition) is 3. The van der Waals surface area contributed by atoms with Gasteiger partial charge in [0, 0.05) is 17.4 Å². The van der Waals surface area contributed by atoms with E-state index in [9.17, 15) is 9.90 Å². The number of ether oxygens (including phenoxy) is 2. The summed E-state index contributed by atoms with van der Waals surface area (Å²) in [7, 11) is 0. The van der Waals surface area contributed by atoms with Crippen molar-refractivity contribution in [3.05, 3.63) is 22.2 Å². The van der Waals surface area contributed by atoms with Crippen LogP contribution in [-0.2, 0) is 10.2 Å². The van der Waals surface area contributed by atoms with Crippen LogP contribution in [0.2, 0.25) is 5.02 Å². The van der Waals surface area contributed by atoms with Crippen molar-refractivity contribution in [2.75, 3.05) is 13.2 Å². The summed E-state index contributed by atoms with van der Waals surface area (Å²) in [5, 5.41) is 9.76. The first kappa shape index (κ1) is 15.5. The van der Waals surface area contributed by atoms with Crippen molar-refractivity contribution in [2.45, 2.75) is 50.9 Å². The van der Waals surface area contributed by atoms with E-state index in [0.717, 1.165) is 30.4 Å². The van der Waals surface area contributed by atoms with Crippen LogP contribution in [0, 0.1) is 0 Å². The van der Waals surface area contributed by atoms with E-state index < -0.39 is 5.97 Å². The molecule has 0 spiro atoms. The van der Waals surface area contributed by atoms with Crippen molar-refractivity contribution in [1.29, 1.82) is 0 Å². The minimum absolute atomic E-state index is 0.142. The summed E-state index contributed by atoms with van der Waals surface area (Å²) in [6.45, 7) is 5.37. The first-order valence-electron chi connectivity index (χ1n) is 7.79. The quantitative estimate of drug-likeness (QED) is 0.904. The van der Waals surface area contributed by atoms with Crippen molar-refractivity contribution >= 4 is 17.6 Å². The lowest BCUT2D eigenvalue weighted by atomic mass is 9.83. The van der Waals surface area contributed by atoms with Gasteiger partial charge in [-0.15, -0.1) is 0 Å². The predicted molar refractivity (Wildman–Crippen MR) is 84.3 cm³/mol. The molecule has 0 atom stereocenters. The lowest BCUT2D eigenvalue weighted by Crippen LogP contribution is -2.17. The van der Waals surface area contributed by atoms with Crippen LogP contribution in [0.15, 0.2) is 6.07 Å². The number of halogens is 1. The maximum Gasteiger partial charge on any atom is 0.304 e. The topological polar surface area (TPSA) is 55.8 Å². The Bertz CT molecular complexity index is 605. The van der Waals surface area contributed by atoms with E-state index in [4.69, 9.17) is 21.1 Å². The van der Waals surface area contributed by atoms with Crippen LogP contribution in [0.1, 0.15) is 56.6 Å². The van der Waals surface area contributed by atoms with Crippen molar-refractivity contribution in [1.82, 2.24) is 0 Å². The van der Waals surface area contributed by atoms with Gasteiger partial charge in [0.05, 0.1) is 24.7 Å². The summed E-state index contributed by atoms with van der Waals surface area (Å²) in [5.41, 5.74) is 1.79. The Kier molecular flexibility index (Phi) is 3.98. The van der Waals surface area contributed by atoms with Crippen molar-refractivity contribution < 1.29 is 19.4 Å². The minimum atomic E-state index is -0.768. The summed E-state index contributed by atoms with van der Waals surface area (Å²) >= 11 is 6.41. The molecular weight excluding hydrogens is 304 g/mol. The molecule has 5 heteroatoms. The maximum atomic E-state index is 11.2. The average molecular weight is 325 g/mol. The molecule has 120 valence electrons. The minimum Gasteiger partial charge on any atom is -0.489 e. The Morgan fingerprint density at radius 2 is 1.95 bits per heavy atom. The highest BCUT2D eigenvalue weighted by atomic mass is 35.5. The normalized spacial score (nSPS) is 18.9. The summed E-state index contributed by atoms with van der Waals surface area (Å²) < 4.78 is 11.7. The molecule has 1 aromatic rings. The SMILES string of the molecule is CC(C)c1c(C2(CC(=O)O)CC2)cc(Cl)c2c1OCCCO2. The van der Waals surface area contributed by atoms with Crippen LogP contribution in [0.4, 0.5) is 0 Å². The lowest BCUT2D eigenvalue weighted by molar-refractivity contribution is -0.137. The fourth-order valence-electron chi connectivity index (χ4n) is 3.30. The highest BCUT2D eigenvalue weighted by Gasteiger charge is 2.48. The molecule has 0 amide bonds. The summed E-state index contributed by atoms with van der Waals surface area (Å²) in [5.74, 6) is 0.772. The fourth-order valence-corrected chi connectivity index (χ4v) is 3.55. The first-order valence-corrected chi connectivity index (χ1v) is 8.17. The van der Waals surface area contributed by atoms with Gasteiger partial charge < -0.3 is 14.6 Å². The van der Waals surface area contributed by atoms with Gasteiger partial charge in [0.2, 0.25) is 0 Å². The number of benzene rings is 1. The van der Waals surface area contributed by atoms with E-state index in [1.807, 2.05) is 6.07 Å². The molecule has 0 saturated heterocycles. The molecule has 4 nitrogen and oxygen atoms in total. The third kappa shape index (κ3) is 2.65. The van der Waals surface area contributed by atoms with Gasteiger partial charge in [-0.2, -0.15) is 0 Å². The third-order valence-electron chi connectivity index (χ3n) is 4.50. The molecule has 0 unspecified atom stereocenters. The molecule has 22 heavy (non-hydrogen) atoms. The summed E-state index contributed by atoms with van der Waals surface area (Å²) in [6.07, 6.45) is 2.73. The molecule has 1 heterocycles. The Morgan fingerprint density at radius 1 is 1.32 bits per heavy atom. The zero-order valence-corrected chi connectivity index (χ0v) is 13.7. The Morgan fingerprint density at radius 3 is 2.50 bits per heavy atom. The molecule has 0 bridgehead atoms. The van der Waals surface area contributed by atoms with Gasteiger partial charge in [0.15, 0.2) is 11.5 Å². The number of fused-ring (bicyclic) bond motifs is 1. The lowest BCUT2D eigenvalue weighted by Gasteiger charge is -2.25. The number of hydrogen-bond donors (Lipinski definition) is 1. The summed E-state index contributed by atoms with van der Waals surface area (Å²) in [6, 6.07) is 1.90. The number of carbonyl (C=O) groups is 1. The maximum absolute atomic E-state index is 11.2. The second-order valence-corrected chi connectivity index (χ2v) is 6.94. The van der Waals surface area contributed by atoms with E-state index in [-0.39, 0.29) is 17.8 Å². The van der Waals surface area contributed by atoms with Gasteiger partial charge in [-0.25, -0.2) is 0 Å². The Labute approximate surface area is 135 Å². The summed E-state index contributed by atoms with van der Waals surface area (Å²) in [4.78, 5) is 11.2. The van der Waals surface area contributed by atoms with E-state index in [1.165, 1.54) is 0 Å². The van der Waals surface area contributed by atoms with Gasteiger partial charge >= 0.3 is 5.97 Å². The zero-order chi connectivity index (χ0) is 15.9. The molecular formula is C17H21ClO4. The van der Waals surface area contributed by atoms with Gasteiger partial charge in [0.1, 0.15) is 0 Å². The molecule has 1 aliphatic carbocycles. The molecule has 1 aliphatic heterocycles. The highest BCUT2D eigenvalue weighted by molar-refractivity contribution is 6.32. The number of carboxylic acids is 1. The number of rotatable bonds is 4. The van der Waals surface area contributed by atoms with Crippen LogP contribution < -0.4 is 9.47 Å². The molecule has 0 radical (unpaired) electrons. The Balaban J connectivity index is 2.16. The standard InChI is InChI=1S/C17H21ClO4/c1-10(2)14-11(17(4-5-17)9-13(19)20)8-12(18)15-16(14)22-7-3-6-21-15/h8,10H,3-7,9H2,1-2H3,(H,19,20). The van der Waals surface area contributed by atoms with E-state index in [1.54, 1.807) is 0 Å². The second kappa shape index (κ2) is 5.65.